The predicted octanol–water partition coefficient (Wildman–Crippen LogP) is 21.1. The van der Waals surface area contributed by atoms with Crippen LogP contribution in [0.4, 0.5) is 0 Å². The van der Waals surface area contributed by atoms with E-state index in [2.05, 4.69) is 109 Å². The van der Waals surface area contributed by atoms with Crippen LogP contribution in [-0.2, 0) is 37.9 Å². The molecule has 12 nitrogen and oxygen atoms in total. The van der Waals surface area contributed by atoms with Crippen molar-refractivity contribution in [3.63, 3.8) is 0 Å². The van der Waals surface area contributed by atoms with Crippen LogP contribution >= 0.6 is 0 Å². The van der Waals surface area contributed by atoms with Crippen molar-refractivity contribution in [2.24, 2.45) is 0 Å². The molecule has 0 aliphatic carbocycles. The van der Waals surface area contributed by atoms with Crippen molar-refractivity contribution in [3.8, 4) is 44.5 Å². The maximum Gasteiger partial charge on any atom is 0.0844 e. The Hall–Kier alpha value is -7.88. The maximum atomic E-state index is 7.13. The second-order valence-electron chi connectivity index (χ2n) is 30.6. The Morgan fingerprint density at radius 2 is 0.396 bits per heavy atom. The van der Waals surface area contributed by atoms with Crippen molar-refractivity contribution in [3.05, 3.63) is 185 Å². The molecule has 0 radical (unpaired) electrons. The molecule has 16 atom stereocenters. The minimum absolute atomic E-state index is 0.0142. The summed E-state index contributed by atoms with van der Waals surface area (Å²) in [6.45, 7) is 18.2. The second-order valence-corrected chi connectivity index (χ2v) is 30.6. The third kappa shape index (κ3) is 6.24. The highest BCUT2D eigenvalue weighted by Gasteiger charge is 2.55. The normalized spacial score (nSPS) is 32.5. The highest BCUT2D eigenvalue weighted by molar-refractivity contribution is 6.05. The number of hydrogen-bond donors (Lipinski definition) is 2. The molecular weight excluding hydrogens is 1190 g/mol. The minimum Gasteiger partial charge on any atom is -0.366 e. The first-order valence-electron chi connectivity index (χ1n) is 36.2. The molecule has 21 heterocycles. The minimum atomic E-state index is -0.0727. The summed E-state index contributed by atoms with van der Waals surface area (Å²) in [5.41, 5.74) is 42.0. The predicted molar refractivity (Wildman–Crippen MR) is 367 cm³/mol. The van der Waals surface area contributed by atoms with E-state index < -0.39 is 0 Å². The zero-order valence-corrected chi connectivity index (χ0v) is 53.5. The number of H-pyrrole nitrogens is 2. The summed E-state index contributed by atoms with van der Waals surface area (Å²) in [5.74, 6) is 0. The van der Waals surface area contributed by atoms with Crippen LogP contribution in [0.15, 0.2) is 50.6 Å². The van der Waals surface area contributed by atoms with Crippen molar-refractivity contribution in [2.75, 3.05) is 0 Å². The number of aromatic nitrogens is 4. The van der Waals surface area contributed by atoms with Gasteiger partial charge >= 0.3 is 0 Å². The zero-order valence-electron chi connectivity index (χ0n) is 53.5. The fourth-order valence-corrected chi connectivity index (χ4v) is 23.6. The molecule has 3 aromatic heterocycles. The zero-order chi connectivity index (χ0) is 62.3. The number of benzene rings is 4. The molecule has 8 saturated heterocycles. The summed E-state index contributed by atoms with van der Waals surface area (Å²) < 4.78 is 57.1. The van der Waals surface area contributed by atoms with Crippen molar-refractivity contribution in [1.29, 1.82) is 0 Å². The van der Waals surface area contributed by atoms with Crippen LogP contribution in [0.3, 0.4) is 0 Å². The SMILES string of the molecule is C=Cc1c2c(c(-c3c4nc(c(-c5c6c(c(C=C)c7c5C5CCC7O5)C5CCC6O5)c5ccc([nH]5)c(-c5c6c(c(C=C)c7c5C5CCC7O5)C5CCC6O5)c5nc(c(-c6c7c(c(C=C)c8c6C6CCC8O6)C6CCC7O6)c6ccc3[nH]6)C=C5)C=C4)c3c1C1CCC3O1)C1CCC2O1. The average Bonchev–Trinajstić information content (AvgIpc) is 1.54. The van der Waals surface area contributed by atoms with Gasteiger partial charge in [0.1, 0.15) is 0 Å². The molecule has 0 amide bonds. The van der Waals surface area contributed by atoms with Crippen LogP contribution in [0.5, 0.6) is 0 Å². The van der Waals surface area contributed by atoms with E-state index in [1.807, 2.05) is 0 Å². The summed E-state index contributed by atoms with van der Waals surface area (Å²) in [6.07, 6.45) is 32.5. The Morgan fingerprint density at radius 3 is 0.552 bits per heavy atom. The summed E-state index contributed by atoms with van der Waals surface area (Å²) in [7, 11) is 0. The molecule has 4 aromatic carbocycles. The van der Waals surface area contributed by atoms with Gasteiger partial charge in [-0.1, -0.05) is 50.6 Å². The first-order chi connectivity index (χ1) is 47.4. The quantitative estimate of drug-likeness (QED) is 0.152. The van der Waals surface area contributed by atoms with Crippen LogP contribution < -0.4 is 0 Å². The van der Waals surface area contributed by atoms with Crippen molar-refractivity contribution >= 4 is 70.7 Å². The molecule has 18 aliphatic heterocycles. The molecule has 96 heavy (non-hydrogen) atoms. The standard InChI is InChI=1S/C84H70N4O8/c1-5-33-61-45-17-25-53(89-45)73(61)81(74-54-26-18-46(90-54)62(33)74)69-37-9-11-39(85-37)70(82-75-55-27-19-47(91-55)63(75)34(6-2)64-48-20-28-56(92-48)76(64)82)41-13-15-43(87-41)72(84-79-59-31-23-51(95-59)67(79)36(8-4)68-52-24-32-60(96-52)80(68)84)44-16-14-42(88-44)71(40-12-10-38(69)86-40)83-77-57-29-21-49(93-57)65(77)35(7-3)66-50-22-30-58(94-50)78(66)83/h5-16,45-60,85,88H,1-4,17-32H2. The van der Waals surface area contributed by atoms with Crippen molar-refractivity contribution in [1.82, 2.24) is 19.9 Å². The molecular formula is C84H70N4O8. The Bertz CT molecular complexity index is 4460. The molecule has 7 aromatic rings. The van der Waals surface area contributed by atoms with E-state index in [1.54, 1.807) is 0 Å². The van der Waals surface area contributed by atoms with Gasteiger partial charge in [0.25, 0.3) is 0 Å². The molecule has 474 valence electrons. The average molecular weight is 1260 g/mol. The van der Waals surface area contributed by atoms with Crippen LogP contribution in [0.2, 0.25) is 0 Å². The third-order valence-electron chi connectivity index (χ3n) is 26.7. The molecule has 18 aliphatic rings. The lowest BCUT2D eigenvalue weighted by molar-refractivity contribution is 0.0677. The largest absolute Gasteiger partial charge is 0.366 e. The van der Waals surface area contributed by atoms with Gasteiger partial charge in [0.05, 0.1) is 120 Å². The van der Waals surface area contributed by atoms with Crippen LogP contribution in [-0.4, -0.2) is 19.9 Å². The van der Waals surface area contributed by atoms with Gasteiger partial charge in [-0.15, -0.1) is 0 Å². The summed E-state index contributed by atoms with van der Waals surface area (Å²) in [6, 6.07) is 9.39. The third-order valence-corrected chi connectivity index (χ3v) is 26.7. The van der Waals surface area contributed by atoms with Crippen LogP contribution in [0.25, 0.3) is 115 Å². The van der Waals surface area contributed by atoms with Gasteiger partial charge in [-0.3, -0.25) is 0 Å². The van der Waals surface area contributed by atoms with E-state index in [4.69, 9.17) is 47.9 Å². The summed E-state index contributed by atoms with van der Waals surface area (Å²) in [4.78, 5) is 21.1. The highest BCUT2D eigenvalue weighted by Crippen LogP contribution is 2.70. The molecule has 12 heteroatoms. The van der Waals surface area contributed by atoms with E-state index in [9.17, 15) is 0 Å². The van der Waals surface area contributed by atoms with Gasteiger partial charge < -0.3 is 47.9 Å². The number of aromatic amines is 2. The number of hydrogen-bond acceptors (Lipinski definition) is 10. The molecule has 24 bridgehead atoms. The first kappa shape index (κ1) is 53.2. The Balaban J connectivity index is 0.882. The maximum absolute atomic E-state index is 7.13. The first-order valence-corrected chi connectivity index (χ1v) is 36.2. The van der Waals surface area contributed by atoms with Gasteiger partial charge in [-0.25, -0.2) is 9.97 Å². The highest BCUT2D eigenvalue weighted by atomic mass is 16.5. The number of rotatable bonds is 8. The molecule has 2 N–H and O–H groups in total. The lowest BCUT2D eigenvalue weighted by Gasteiger charge is -2.28. The van der Waals surface area contributed by atoms with Gasteiger partial charge in [0, 0.05) is 44.3 Å². The van der Waals surface area contributed by atoms with Gasteiger partial charge in [0.2, 0.25) is 0 Å². The van der Waals surface area contributed by atoms with E-state index >= 15 is 0 Å². The van der Waals surface area contributed by atoms with E-state index in [0.29, 0.717) is 0 Å². The van der Waals surface area contributed by atoms with Crippen molar-refractivity contribution < 1.29 is 37.9 Å². The Labute approximate surface area is 555 Å². The number of nitrogens with zero attached hydrogens (tertiary/aromatic N) is 2. The van der Waals surface area contributed by atoms with Crippen LogP contribution in [0, 0.1) is 0 Å². The lowest BCUT2D eigenvalue weighted by Crippen LogP contribution is -2.13. The van der Waals surface area contributed by atoms with Gasteiger partial charge in [-0.2, -0.15) is 0 Å². The molecule has 16 unspecified atom stereocenters. The second kappa shape index (κ2) is 18.3. The number of fused-ring (bicyclic) bond motifs is 48. The molecule has 0 spiro atoms. The monoisotopic (exact) mass is 1260 g/mol. The fourth-order valence-electron chi connectivity index (χ4n) is 23.6. The topological polar surface area (TPSA) is 131 Å². The smallest absolute Gasteiger partial charge is 0.0844 e. The van der Waals surface area contributed by atoms with E-state index in [0.717, 1.165) is 170 Å². The molecule has 8 fully saturated rings. The van der Waals surface area contributed by atoms with Crippen molar-refractivity contribution in [2.45, 2.75) is 200 Å². The Morgan fingerprint density at radius 1 is 0.240 bits per heavy atom. The van der Waals surface area contributed by atoms with Gasteiger partial charge in [0.15, 0.2) is 0 Å². The molecule has 0 saturated carbocycles. The summed E-state index contributed by atoms with van der Waals surface area (Å²) in [5, 5.41) is 0. The number of ether oxygens (including phenoxy) is 8. The molecule has 25 rings (SSSR count). The Kier molecular flexibility index (Phi) is 10.1. The summed E-state index contributed by atoms with van der Waals surface area (Å²) >= 11 is 0. The number of nitrogens with one attached hydrogen (secondary N) is 2. The lowest BCUT2D eigenvalue weighted by atomic mass is 9.74. The van der Waals surface area contributed by atoms with E-state index in [-0.39, 0.29) is 97.7 Å². The van der Waals surface area contributed by atoms with Crippen LogP contribution in [0.1, 0.15) is 334 Å². The fraction of sp³-hybridized carbons (Fsp3) is 0.381. The van der Waals surface area contributed by atoms with Gasteiger partial charge in [-0.05, 0) is 285 Å². The van der Waals surface area contributed by atoms with E-state index in [1.165, 1.54) is 134 Å².